The van der Waals surface area contributed by atoms with Gasteiger partial charge in [0.05, 0.1) is 0 Å². The molecular formula is C13H27N3. The third-order valence-electron chi connectivity index (χ3n) is 4.00. The topological polar surface area (TPSA) is 9.72 Å². The van der Waals surface area contributed by atoms with E-state index in [1.165, 1.54) is 65.3 Å². The number of likely N-dealkylation sites (N-methyl/N-ethyl adjacent to an activating group) is 1. The first-order chi connectivity index (χ1) is 7.81. The van der Waals surface area contributed by atoms with Gasteiger partial charge in [-0.1, -0.05) is 13.8 Å². The van der Waals surface area contributed by atoms with Crippen LogP contribution < -0.4 is 0 Å². The molecule has 2 fully saturated rings. The molecule has 0 N–H and O–H groups in total. The summed E-state index contributed by atoms with van der Waals surface area (Å²) in [5.74, 6) is 0.958. The number of nitrogens with zero attached hydrogens (tertiary/aromatic N) is 3. The summed E-state index contributed by atoms with van der Waals surface area (Å²) in [6, 6.07) is 0. The van der Waals surface area contributed by atoms with Gasteiger partial charge in [0, 0.05) is 45.8 Å². The van der Waals surface area contributed by atoms with Crippen LogP contribution in [0.15, 0.2) is 0 Å². The van der Waals surface area contributed by atoms with Gasteiger partial charge in [0.25, 0.3) is 0 Å². The smallest absolute Gasteiger partial charge is 0.0110 e. The van der Waals surface area contributed by atoms with E-state index in [9.17, 15) is 0 Å². The van der Waals surface area contributed by atoms with Crippen LogP contribution in [0.4, 0.5) is 0 Å². The molecule has 2 rings (SSSR count). The van der Waals surface area contributed by atoms with Crippen molar-refractivity contribution in [1.29, 1.82) is 0 Å². The molecule has 0 atom stereocenters. The predicted molar refractivity (Wildman–Crippen MR) is 68.8 cm³/mol. The Bertz CT molecular complexity index is 193. The van der Waals surface area contributed by atoms with Gasteiger partial charge in [-0.2, -0.15) is 0 Å². The van der Waals surface area contributed by atoms with Crippen LogP contribution in [0.3, 0.4) is 0 Å². The molecule has 0 aromatic rings. The fourth-order valence-electron chi connectivity index (χ4n) is 2.94. The molecule has 16 heavy (non-hydrogen) atoms. The Balaban J connectivity index is 1.58. The maximum absolute atomic E-state index is 2.67. The minimum atomic E-state index is 0.958. The number of hydrogen-bond donors (Lipinski definition) is 0. The van der Waals surface area contributed by atoms with E-state index in [0.717, 1.165) is 5.92 Å². The van der Waals surface area contributed by atoms with Crippen LogP contribution in [0.2, 0.25) is 0 Å². The molecule has 0 aromatic heterocycles. The van der Waals surface area contributed by atoms with Crippen LogP contribution in [-0.4, -0.2) is 73.6 Å². The van der Waals surface area contributed by atoms with Gasteiger partial charge in [-0.05, 0) is 25.4 Å². The Labute approximate surface area is 100 Å². The molecule has 0 aromatic carbocycles. The summed E-state index contributed by atoms with van der Waals surface area (Å²) < 4.78 is 0. The molecule has 0 radical (unpaired) electrons. The molecule has 2 aliphatic heterocycles. The van der Waals surface area contributed by atoms with Crippen molar-refractivity contribution >= 4 is 0 Å². The first-order valence-electron chi connectivity index (χ1n) is 6.99. The summed E-state index contributed by atoms with van der Waals surface area (Å²) >= 11 is 0. The van der Waals surface area contributed by atoms with E-state index >= 15 is 0 Å². The zero-order valence-corrected chi connectivity index (χ0v) is 11.0. The summed E-state index contributed by atoms with van der Waals surface area (Å²) in [5.41, 5.74) is 0. The van der Waals surface area contributed by atoms with Crippen molar-refractivity contribution in [2.75, 3.05) is 58.9 Å². The molecular weight excluding hydrogens is 198 g/mol. The Hall–Kier alpha value is -0.120. The Morgan fingerprint density at radius 1 is 0.875 bits per heavy atom. The highest BCUT2D eigenvalue weighted by atomic mass is 15.3. The van der Waals surface area contributed by atoms with Crippen LogP contribution in [-0.2, 0) is 0 Å². The van der Waals surface area contributed by atoms with Crippen molar-refractivity contribution in [2.45, 2.75) is 20.3 Å². The number of rotatable bonds is 5. The van der Waals surface area contributed by atoms with Crippen LogP contribution >= 0.6 is 0 Å². The monoisotopic (exact) mass is 225 g/mol. The fraction of sp³-hybridized carbons (Fsp3) is 1.00. The Morgan fingerprint density at radius 2 is 1.50 bits per heavy atom. The van der Waals surface area contributed by atoms with Gasteiger partial charge in [0.2, 0.25) is 0 Å². The van der Waals surface area contributed by atoms with Gasteiger partial charge < -0.3 is 14.7 Å². The van der Waals surface area contributed by atoms with E-state index in [2.05, 4.69) is 28.5 Å². The summed E-state index contributed by atoms with van der Waals surface area (Å²) in [6.07, 6.45) is 1.31. The Morgan fingerprint density at radius 3 is 2.06 bits per heavy atom. The van der Waals surface area contributed by atoms with Crippen LogP contribution in [0.25, 0.3) is 0 Å². The van der Waals surface area contributed by atoms with Crippen molar-refractivity contribution in [2.24, 2.45) is 5.92 Å². The van der Waals surface area contributed by atoms with Gasteiger partial charge in [-0.3, -0.25) is 0 Å². The lowest BCUT2D eigenvalue weighted by molar-refractivity contribution is 0.0480. The third kappa shape index (κ3) is 3.19. The number of likely N-dealkylation sites (tertiary alicyclic amines) is 1. The highest BCUT2D eigenvalue weighted by Crippen LogP contribution is 2.17. The second kappa shape index (κ2) is 5.99. The zero-order valence-electron chi connectivity index (χ0n) is 11.0. The van der Waals surface area contributed by atoms with Gasteiger partial charge in [-0.15, -0.1) is 0 Å². The number of hydrogen-bond acceptors (Lipinski definition) is 3. The molecule has 0 aliphatic carbocycles. The molecule has 3 heteroatoms. The zero-order chi connectivity index (χ0) is 11.4. The lowest BCUT2D eigenvalue weighted by Crippen LogP contribution is -2.54. The number of piperazine rings is 1. The van der Waals surface area contributed by atoms with E-state index in [4.69, 9.17) is 0 Å². The van der Waals surface area contributed by atoms with Gasteiger partial charge in [0.15, 0.2) is 0 Å². The maximum Gasteiger partial charge on any atom is 0.0110 e. The first-order valence-corrected chi connectivity index (χ1v) is 6.99. The predicted octanol–water partition coefficient (Wildman–Crippen LogP) is 0.966. The Kier molecular flexibility index (Phi) is 4.62. The van der Waals surface area contributed by atoms with Crippen molar-refractivity contribution in [3.8, 4) is 0 Å². The average Bonchev–Trinajstić information content (AvgIpc) is 2.27. The molecule has 0 unspecified atom stereocenters. The van der Waals surface area contributed by atoms with Crippen molar-refractivity contribution in [3.63, 3.8) is 0 Å². The van der Waals surface area contributed by atoms with Gasteiger partial charge >= 0.3 is 0 Å². The van der Waals surface area contributed by atoms with Gasteiger partial charge in [-0.25, -0.2) is 0 Å². The van der Waals surface area contributed by atoms with Crippen molar-refractivity contribution in [1.82, 2.24) is 14.7 Å². The lowest BCUT2D eigenvalue weighted by atomic mass is 9.99. The molecule has 2 aliphatic rings. The molecule has 2 saturated heterocycles. The fourth-order valence-corrected chi connectivity index (χ4v) is 2.94. The average molecular weight is 225 g/mol. The molecule has 0 spiro atoms. The quantitative estimate of drug-likeness (QED) is 0.690. The lowest BCUT2D eigenvalue weighted by Gasteiger charge is -2.43. The van der Waals surface area contributed by atoms with Crippen molar-refractivity contribution < 1.29 is 0 Å². The van der Waals surface area contributed by atoms with E-state index in [-0.39, 0.29) is 0 Å². The first kappa shape index (κ1) is 12.3. The largest absolute Gasteiger partial charge is 0.303 e. The van der Waals surface area contributed by atoms with Gasteiger partial charge in [0.1, 0.15) is 0 Å². The second-order valence-electron chi connectivity index (χ2n) is 5.36. The standard InChI is InChI=1S/C13H27N3/c1-3-5-16-11-13(12-16)10-15-8-6-14(4-2)7-9-15/h13H,3-12H2,1-2H3. The van der Waals surface area contributed by atoms with E-state index in [1.807, 2.05) is 0 Å². The molecule has 94 valence electrons. The molecule has 0 bridgehead atoms. The highest BCUT2D eigenvalue weighted by Gasteiger charge is 2.28. The normalized spacial score (nSPS) is 25.9. The van der Waals surface area contributed by atoms with E-state index in [0.29, 0.717) is 0 Å². The van der Waals surface area contributed by atoms with E-state index < -0.39 is 0 Å². The highest BCUT2D eigenvalue weighted by molar-refractivity contribution is 4.83. The maximum atomic E-state index is 2.67. The minimum Gasteiger partial charge on any atom is -0.303 e. The minimum absolute atomic E-state index is 0.958. The van der Waals surface area contributed by atoms with Crippen molar-refractivity contribution in [3.05, 3.63) is 0 Å². The van der Waals surface area contributed by atoms with E-state index in [1.54, 1.807) is 0 Å². The summed E-state index contributed by atoms with van der Waals surface area (Å²) in [6.45, 7) is 16.3. The van der Waals surface area contributed by atoms with Crippen LogP contribution in [0, 0.1) is 5.92 Å². The second-order valence-corrected chi connectivity index (χ2v) is 5.36. The molecule has 0 saturated carbocycles. The van der Waals surface area contributed by atoms with Crippen LogP contribution in [0.1, 0.15) is 20.3 Å². The third-order valence-corrected chi connectivity index (χ3v) is 4.00. The summed E-state index contributed by atoms with van der Waals surface area (Å²) in [7, 11) is 0. The molecule has 2 heterocycles. The molecule has 0 amide bonds. The summed E-state index contributed by atoms with van der Waals surface area (Å²) in [5, 5.41) is 0. The summed E-state index contributed by atoms with van der Waals surface area (Å²) in [4.78, 5) is 7.81. The SMILES string of the molecule is CCCN1CC(CN2CCN(CC)CC2)C1. The van der Waals surface area contributed by atoms with Crippen LogP contribution in [0.5, 0.6) is 0 Å². The molecule has 3 nitrogen and oxygen atoms in total.